The van der Waals surface area contributed by atoms with Crippen molar-refractivity contribution in [2.24, 2.45) is 0 Å². The average molecular weight is 418 g/mol. The minimum atomic E-state index is -1.13. The summed E-state index contributed by atoms with van der Waals surface area (Å²) in [5.41, 5.74) is 14.7. The molecule has 2 rings (SSSR count). The third kappa shape index (κ3) is 4.73. The molecule has 0 saturated heterocycles. The van der Waals surface area contributed by atoms with Gasteiger partial charge in [0.05, 0.1) is 11.4 Å². The number of anilines is 2. The van der Waals surface area contributed by atoms with E-state index >= 15 is 0 Å². The molecule has 2 aromatic rings. The molecule has 4 N–H and O–H groups in total. The molecule has 0 unspecified atom stereocenters. The molecule has 0 spiro atoms. The lowest BCUT2D eigenvalue weighted by molar-refractivity contribution is 0.0798. The van der Waals surface area contributed by atoms with E-state index in [0.717, 1.165) is 16.1 Å². The lowest BCUT2D eigenvalue weighted by Gasteiger charge is -2.16. The molecule has 0 atom stereocenters. The Morgan fingerprint density at radius 2 is 2.00 bits per heavy atom. The molecule has 8 heteroatoms. The molecule has 1 heterocycles. The molecule has 23 heavy (non-hydrogen) atoms. The van der Waals surface area contributed by atoms with Crippen LogP contribution in [0.1, 0.15) is 0 Å². The molecule has 1 aromatic heterocycles. The average Bonchev–Trinajstić information content (AvgIpc) is 2.72. The lowest BCUT2D eigenvalue weighted by Crippen LogP contribution is -2.22. The van der Waals surface area contributed by atoms with Crippen LogP contribution >= 0.6 is 27.5 Å². The van der Waals surface area contributed by atoms with Crippen molar-refractivity contribution < 1.29 is 4.74 Å². The fourth-order valence-electron chi connectivity index (χ4n) is 2.09. The van der Waals surface area contributed by atoms with Crippen LogP contribution < -0.4 is 11.5 Å². The summed E-state index contributed by atoms with van der Waals surface area (Å²) in [7, 11) is -1.13. The number of rotatable bonds is 6. The summed E-state index contributed by atoms with van der Waals surface area (Å²) in [5, 5.41) is 4.52. The zero-order valence-corrected chi connectivity index (χ0v) is 16.9. The van der Waals surface area contributed by atoms with Crippen LogP contribution in [-0.2, 0) is 11.5 Å². The van der Waals surface area contributed by atoms with Gasteiger partial charge < -0.3 is 16.2 Å². The number of benzene rings is 1. The number of ether oxygens (including phenoxy) is 1. The zero-order chi connectivity index (χ0) is 17.2. The van der Waals surface area contributed by atoms with E-state index in [9.17, 15) is 0 Å². The van der Waals surface area contributed by atoms with Gasteiger partial charge in [-0.2, -0.15) is 5.10 Å². The molecule has 0 fully saturated rings. The Kier molecular flexibility index (Phi) is 5.78. The van der Waals surface area contributed by atoms with Gasteiger partial charge in [-0.1, -0.05) is 47.2 Å². The molecule has 0 radical (unpaired) electrons. The highest BCUT2D eigenvalue weighted by atomic mass is 79.9. The summed E-state index contributed by atoms with van der Waals surface area (Å²) in [6, 6.07) is 6.68. The second-order valence-corrected chi connectivity index (χ2v) is 13.5. The van der Waals surface area contributed by atoms with E-state index < -0.39 is 8.07 Å². The predicted octanol–water partition coefficient (Wildman–Crippen LogP) is 4.44. The molecule has 0 aliphatic rings. The van der Waals surface area contributed by atoms with Crippen LogP contribution in [0.5, 0.6) is 0 Å². The van der Waals surface area contributed by atoms with E-state index in [1.165, 1.54) is 0 Å². The fourth-order valence-corrected chi connectivity index (χ4v) is 3.39. The van der Waals surface area contributed by atoms with Gasteiger partial charge in [0.15, 0.2) is 5.15 Å². The van der Waals surface area contributed by atoms with E-state index in [0.29, 0.717) is 30.4 Å². The van der Waals surface area contributed by atoms with Crippen molar-refractivity contribution in [3.63, 3.8) is 0 Å². The molecule has 1 aromatic carbocycles. The summed E-state index contributed by atoms with van der Waals surface area (Å²) in [4.78, 5) is 0. The Labute approximate surface area is 151 Å². The van der Waals surface area contributed by atoms with Crippen molar-refractivity contribution >= 4 is 47.0 Å². The predicted molar refractivity (Wildman–Crippen MR) is 103 cm³/mol. The first-order valence-corrected chi connectivity index (χ1v) is 12.2. The number of nitrogen functional groups attached to an aromatic ring is 2. The SMILES string of the molecule is C[Si](C)(C)CCOCn1nc(Cl)c(N)c1-c1cc(Br)ccc1N. The molecule has 126 valence electrons. The van der Waals surface area contributed by atoms with Gasteiger partial charge in [0, 0.05) is 30.4 Å². The first kappa shape index (κ1) is 18.3. The number of hydrogen-bond donors (Lipinski definition) is 2. The maximum atomic E-state index is 6.10. The second kappa shape index (κ2) is 7.25. The van der Waals surface area contributed by atoms with Gasteiger partial charge in [-0.3, -0.25) is 0 Å². The van der Waals surface area contributed by atoms with Crippen LogP contribution in [0.15, 0.2) is 22.7 Å². The quantitative estimate of drug-likeness (QED) is 0.413. The van der Waals surface area contributed by atoms with Gasteiger partial charge in [-0.05, 0) is 24.2 Å². The lowest BCUT2D eigenvalue weighted by atomic mass is 10.1. The molecule has 0 amide bonds. The van der Waals surface area contributed by atoms with E-state index in [-0.39, 0.29) is 5.15 Å². The van der Waals surface area contributed by atoms with Crippen molar-refractivity contribution in [3.05, 3.63) is 27.8 Å². The number of hydrogen-bond acceptors (Lipinski definition) is 4. The highest BCUT2D eigenvalue weighted by molar-refractivity contribution is 9.10. The zero-order valence-electron chi connectivity index (χ0n) is 13.6. The van der Waals surface area contributed by atoms with Crippen molar-refractivity contribution in [1.29, 1.82) is 0 Å². The minimum absolute atomic E-state index is 0.258. The van der Waals surface area contributed by atoms with Crippen LogP contribution in [0.4, 0.5) is 11.4 Å². The summed E-state index contributed by atoms with van der Waals surface area (Å²) < 4.78 is 8.34. The third-order valence-corrected chi connectivity index (χ3v) is 5.90. The Hall–Kier alpha value is -1.02. The maximum absolute atomic E-state index is 6.10. The smallest absolute Gasteiger partial charge is 0.174 e. The summed E-state index contributed by atoms with van der Waals surface area (Å²) in [6.45, 7) is 7.93. The van der Waals surface area contributed by atoms with Gasteiger partial charge in [-0.15, -0.1) is 0 Å². The topological polar surface area (TPSA) is 79.1 Å². The minimum Gasteiger partial charge on any atom is -0.398 e. The second-order valence-electron chi connectivity index (χ2n) is 6.63. The van der Waals surface area contributed by atoms with Crippen molar-refractivity contribution in [2.45, 2.75) is 32.4 Å². The number of nitrogens with two attached hydrogens (primary N) is 2. The molecule has 0 saturated carbocycles. The van der Waals surface area contributed by atoms with Gasteiger partial charge in [0.1, 0.15) is 6.73 Å². The molecular weight excluding hydrogens is 396 g/mol. The number of nitrogens with zero attached hydrogens (tertiary/aromatic N) is 2. The van der Waals surface area contributed by atoms with Gasteiger partial charge in [0.2, 0.25) is 0 Å². The van der Waals surface area contributed by atoms with E-state index in [1.54, 1.807) is 4.68 Å². The number of halogens is 2. The van der Waals surface area contributed by atoms with Crippen LogP contribution in [0.2, 0.25) is 30.8 Å². The highest BCUT2D eigenvalue weighted by Gasteiger charge is 2.19. The monoisotopic (exact) mass is 416 g/mol. The van der Waals surface area contributed by atoms with Gasteiger partial charge in [0.25, 0.3) is 0 Å². The summed E-state index contributed by atoms with van der Waals surface area (Å²) >= 11 is 9.55. The molecule has 5 nitrogen and oxygen atoms in total. The Balaban J connectivity index is 2.25. The van der Waals surface area contributed by atoms with E-state index in [2.05, 4.69) is 40.7 Å². The Morgan fingerprint density at radius 1 is 1.30 bits per heavy atom. The van der Waals surface area contributed by atoms with Crippen LogP contribution in [0, 0.1) is 0 Å². The van der Waals surface area contributed by atoms with Crippen LogP contribution in [0.25, 0.3) is 11.3 Å². The van der Waals surface area contributed by atoms with E-state index in [1.807, 2.05) is 18.2 Å². The maximum Gasteiger partial charge on any atom is 0.174 e. The Bertz CT molecular complexity index is 700. The molecule has 0 aliphatic carbocycles. The van der Waals surface area contributed by atoms with Gasteiger partial charge in [-0.25, -0.2) is 4.68 Å². The summed E-state index contributed by atoms with van der Waals surface area (Å²) in [6.07, 6.45) is 0. The highest BCUT2D eigenvalue weighted by Crippen LogP contribution is 2.36. The first-order valence-electron chi connectivity index (χ1n) is 7.34. The van der Waals surface area contributed by atoms with Crippen LogP contribution in [0.3, 0.4) is 0 Å². The molecular formula is C15H22BrClN4OSi. The van der Waals surface area contributed by atoms with Crippen molar-refractivity contribution in [1.82, 2.24) is 9.78 Å². The van der Waals surface area contributed by atoms with Gasteiger partial charge >= 0.3 is 0 Å². The normalized spacial score (nSPS) is 11.9. The Morgan fingerprint density at radius 3 is 2.65 bits per heavy atom. The van der Waals surface area contributed by atoms with E-state index in [4.69, 9.17) is 27.8 Å². The van der Waals surface area contributed by atoms with Crippen LogP contribution in [-0.4, -0.2) is 24.5 Å². The molecule has 0 bridgehead atoms. The number of aromatic nitrogens is 2. The fraction of sp³-hybridized carbons (Fsp3) is 0.400. The van der Waals surface area contributed by atoms with Crippen molar-refractivity contribution in [2.75, 3.05) is 18.1 Å². The molecule has 0 aliphatic heterocycles. The third-order valence-electron chi connectivity index (χ3n) is 3.42. The summed E-state index contributed by atoms with van der Waals surface area (Å²) in [5.74, 6) is 0. The standard InChI is InChI=1S/C15H22BrClN4OSi/c1-23(2,3)7-6-22-9-21-14(13(19)15(17)20-21)11-8-10(16)4-5-12(11)18/h4-5,8H,6-7,9,18-19H2,1-3H3. The first-order chi connectivity index (χ1) is 10.7. The van der Waals surface area contributed by atoms with Crippen molar-refractivity contribution in [3.8, 4) is 11.3 Å². The largest absolute Gasteiger partial charge is 0.398 e.